The SMILES string of the molecule is Cc1c(C)c(C)c(C(=O)/C=C\Cc2ccccc2)c(C)c1C. The third-order valence-electron chi connectivity index (χ3n) is 4.71. The van der Waals surface area contributed by atoms with Gasteiger partial charge in [-0.3, -0.25) is 4.79 Å². The molecule has 22 heavy (non-hydrogen) atoms. The Labute approximate surface area is 133 Å². The summed E-state index contributed by atoms with van der Waals surface area (Å²) in [6, 6.07) is 10.2. The third kappa shape index (κ3) is 3.19. The van der Waals surface area contributed by atoms with Gasteiger partial charge in [-0.15, -0.1) is 0 Å². The van der Waals surface area contributed by atoms with Crippen molar-refractivity contribution in [2.24, 2.45) is 0 Å². The second kappa shape index (κ2) is 6.74. The molecule has 2 aromatic carbocycles. The maximum atomic E-state index is 12.6. The fraction of sp³-hybridized carbons (Fsp3) is 0.286. The van der Waals surface area contributed by atoms with Gasteiger partial charge >= 0.3 is 0 Å². The largest absolute Gasteiger partial charge is 0.289 e. The smallest absolute Gasteiger partial charge is 0.186 e. The summed E-state index contributed by atoms with van der Waals surface area (Å²) in [5.41, 5.74) is 8.04. The molecule has 0 spiro atoms. The van der Waals surface area contributed by atoms with Crippen LogP contribution in [0.1, 0.15) is 43.7 Å². The van der Waals surface area contributed by atoms with Crippen LogP contribution in [0.25, 0.3) is 0 Å². The molecule has 0 fully saturated rings. The lowest BCUT2D eigenvalue weighted by molar-refractivity contribution is 0.104. The Bertz CT molecular complexity index is 692. The van der Waals surface area contributed by atoms with Crippen LogP contribution in [-0.2, 0) is 6.42 Å². The Kier molecular flexibility index (Phi) is 4.97. The van der Waals surface area contributed by atoms with E-state index in [1.807, 2.05) is 38.1 Å². The minimum atomic E-state index is 0.108. The van der Waals surface area contributed by atoms with Crippen molar-refractivity contribution < 1.29 is 4.79 Å². The van der Waals surface area contributed by atoms with Crippen LogP contribution in [0.5, 0.6) is 0 Å². The minimum absolute atomic E-state index is 0.108. The van der Waals surface area contributed by atoms with Crippen LogP contribution < -0.4 is 0 Å². The van der Waals surface area contributed by atoms with E-state index in [1.54, 1.807) is 6.08 Å². The first-order chi connectivity index (χ1) is 10.4. The van der Waals surface area contributed by atoms with E-state index in [0.29, 0.717) is 0 Å². The molecule has 0 saturated heterocycles. The topological polar surface area (TPSA) is 17.1 Å². The molecule has 0 radical (unpaired) electrons. The van der Waals surface area contributed by atoms with Gasteiger partial charge in [0.1, 0.15) is 0 Å². The van der Waals surface area contributed by atoms with Crippen LogP contribution in [0.15, 0.2) is 42.5 Å². The summed E-state index contributed by atoms with van der Waals surface area (Å²) in [5.74, 6) is 0.108. The molecule has 0 aliphatic carbocycles. The molecule has 0 amide bonds. The summed E-state index contributed by atoms with van der Waals surface area (Å²) in [6.45, 7) is 10.4. The van der Waals surface area contributed by atoms with E-state index < -0.39 is 0 Å². The highest BCUT2D eigenvalue weighted by molar-refractivity contribution is 6.07. The molecule has 0 aliphatic rings. The van der Waals surface area contributed by atoms with Crippen molar-refractivity contribution in [1.82, 2.24) is 0 Å². The summed E-state index contributed by atoms with van der Waals surface area (Å²) >= 11 is 0. The van der Waals surface area contributed by atoms with Crippen LogP contribution in [0.4, 0.5) is 0 Å². The third-order valence-corrected chi connectivity index (χ3v) is 4.71. The summed E-state index contributed by atoms with van der Waals surface area (Å²) in [4.78, 5) is 12.6. The molecule has 0 unspecified atom stereocenters. The van der Waals surface area contributed by atoms with Gasteiger partial charge in [-0.25, -0.2) is 0 Å². The fourth-order valence-electron chi connectivity index (χ4n) is 2.87. The van der Waals surface area contributed by atoms with Crippen molar-refractivity contribution in [2.45, 2.75) is 41.0 Å². The zero-order chi connectivity index (χ0) is 16.3. The van der Waals surface area contributed by atoms with Crippen molar-refractivity contribution >= 4 is 5.78 Å². The van der Waals surface area contributed by atoms with E-state index in [-0.39, 0.29) is 5.78 Å². The van der Waals surface area contributed by atoms with Gasteiger partial charge in [0.2, 0.25) is 0 Å². The lowest BCUT2D eigenvalue weighted by Crippen LogP contribution is -2.07. The lowest BCUT2D eigenvalue weighted by atomic mass is 9.87. The fourth-order valence-corrected chi connectivity index (χ4v) is 2.87. The second-order valence-corrected chi connectivity index (χ2v) is 5.96. The Hall–Kier alpha value is -2.15. The summed E-state index contributed by atoms with van der Waals surface area (Å²) < 4.78 is 0. The number of ketones is 1. The van der Waals surface area contributed by atoms with E-state index in [1.165, 1.54) is 22.3 Å². The second-order valence-electron chi connectivity index (χ2n) is 5.96. The molecule has 1 nitrogen and oxygen atoms in total. The van der Waals surface area contributed by atoms with Crippen molar-refractivity contribution in [2.75, 3.05) is 0 Å². The van der Waals surface area contributed by atoms with Crippen LogP contribution in [0.2, 0.25) is 0 Å². The first-order valence-corrected chi connectivity index (χ1v) is 7.75. The average Bonchev–Trinajstić information content (AvgIpc) is 2.52. The van der Waals surface area contributed by atoms with Gasteiger partial charge in [0.25, 0.3) is 0 Å². The van der Waals surface area contributed by atoms with E-state index in [9.17, 15) is 4.79 Å². The number of hydrogen-bond acceptors (Lipinski definition) is 1. The highest BCUT2D eigenvalue weighted by Crippen LogP contribution is 2.26. The Balaban J connectivity index is 2.27. The Morgan fingerprint density at radius 2 is 1.32 bits per heavy atom. The molecule has 0 aromatic heterocycles. The van der Waals surface area contributed by atoms with Gasteiger partial charge in [-0.2, -0.15) is 0 Å². The summed E-state index contributed by atoms with van der Waals surface area (Å²) in [5, 5.41) is 0. The highest BCUT2D eigenvalue weighted by Gasteiger charge is 2.16. The molecule has 0 saturated carbocycles. The highest BCUT2D eigenvalue weighted by atomic mass is 16.1. The molecule has 0 atom stereocenters. The standard InChI is InChI=1S/C21H24O/c1-14-15(2)17(4)21(18(5)16(14)3)20(22)13-9-12-19-10-7-6-8-11-19/h6-11,13H,12H2,1-5H3/b13-9-. The first kappa shape index (κ1) is 16.2. The lowest BCUT2D eigenvalue weighted by Gasteiger charge is -2.16. The van der Waals surface area contributed by atoms with Crippen LogP contribution in [0.3, 0.4) is 0 Å². The summed E-state index contributed by atoms with van der Waals surface area (Å²) in [6.07, 6.45) is 4.46. The molecule has 2 aromatic rings. The maximum absolute atomic E-state index is 12.6. The van der Waals surface area contributed by atoms with E-state index in [4.69, 9.17) is 0 Å². The van der Waals surface area contributed by atoms with Crippen LogP contribution in [-0.4, -0.2) is 5.78 Å². The maximum Gasteiger partial charge on any atom is 0.186 e. The van der Waals surface area contributed by atoms with Gasteiger partial charge in [0.05, 0.1) is 0 Å². The molecule has 0 aliphatic heterocycles. The van der Waals surface area contributed by atoms with Crippen molar-refractivity contribution in [1.29, 1.82) is 0 Å². The molecular weight excluding hydrogens is 268 g/mol. The first-order valence-electron chi connectivity index (χ1n) is 7.75. The number of carbonyl (C=O) groups excluding carboxylic acids is 1. The van der Waals surface area contributed by atoms with Crippen molar-refractivity contribution in [3.63, 3.8) is 0 Å². The minimum Gasteiger partial charge on any atom is -0.289 e. The molecule has 114 valence electrons. The normalized spacial score (nSPS) is 11.1. The molecule has 0 bridgehead atoms. The van der Waals surface area contributed by atoms with Gasteiger partial charge < -0.3 is 0 Å². The van der Waals surface area contributed by atoms with Gasteiger partial charge in [0.15, 0.2) is 5.78 Å². The predicted molar refractivity (Wildman–Crippen MR) is 93.7 cm³/mol. The van der Waals surface area contributed by atoms with Gasteiger partial charge in [0, 0.05) is 5.56 Å². The Morgan fingerprint density at radius 1 is 0.818 bits per heavy atom. The average molecular weight is 292 g/mol. The summed E-state index contributed by atoms with van der Waals surface area (Å²) in [7, 11) is 0. The molecule has 2 rings (SSSR count). The van der Waals surface area contributed by atoms with E-state index in [0.717, 1.165) is 23.1 Å². The van der Waals surface area contributed by atoms with Gasteiger partial charge in [-0.1, -0.05) is 36.4 Å². The number of allylic oxidation sites excluding steroid dienone is 2. The van der Waals surface area contributed by atoms with Crippen molar-refractivity contribution in [3.05, 3.63) is 81.4 Å². The molecule has 0 heterocycles. The Morgan fingerprint density at radius 3 is 1.86 bits per heavy atom. The van der Waals surface area contributed by atoms with E-state index in [2.05, 4.69) is 32.9 Å². The predicted octanol–water partition coefficient (Wildman–Crippen LogP) is 5.21. The monoisotopic (exact) mass is 292 g/mol. The van der Waals surface area contributed by atoms with Gasteiger partial charge in [-0.05, 0) is 80.5 Å². The number of carbonyl (C=O) groups is 1. The molecule has 0 N–H and O–H groups in total. The molecular formula is C21H24O. The van der Waals surface area contributed by atoms with Crippen LogP contribution >= 0.6 is 0 Å². The number of rotatable bonds is 4. The zero-order valence-corrected chi connectivity index (χ0v) is 14.2. The van der Waals surface area contributed by atoms with E-state index >= 15 is 0 Å². The number of hydrogen-bond donors (Lipinski definition) is 0. The number of benzene rings is 2. The van der Waals surface area contributed by atoms with Crippen LogP contribution in [0, 0.1) is 34.6 Å². The quantitative estimate of drug-likeness (QED) is 0.558. The zero-order valence-electron chi connectivity index (χ0n) is 14.2. The van der Waals surface area contributed by atoms with Crippen molar-refractivity contribution in [3.8, 4) is 0 Å². The molecule has 1 heteroatoms.